The van der Waals surface area contributed by atoms with Gasteiger partial charge in [0.1, 0.15) is 0 Å². The summed E-state index contributed by atoms with van der Waals surface area (Å²) in [5, 5.41) is 0. The van der Waals surface area contributed by atoms with Crippen LogP contribution in [0.4, 0.5) is 0 Å². The molecule has 0 aromatic carbocycles. The third-order valence-electron chi connectivity index (χ3n) is 0.940. The van der Waals surface area contributed by atoms with Gasteiger partial charge in [-0.05, 0) is 12.1 Å². The van der Waals surface area contributed by atoms with E-state index in [-0.39, 0.29) is 0 Å². The first-order valence-corrected chi connectivity index (χ1v) is 2.65. The van der Waals surface area contributed by atoms with Gasteiger partial charge in [-0.3, -0.25) is 0 Å². The molecule has 0 unspecified atom stereocenters. The maximum absolute atomic E-state index is 4.80. The summed E-state index contributed by atoms with van der Waals surface area (Å²) in [5.74, 6) is 0. The molecule has 0 N–H and O–H groups in total. The van der Waals surface area contributed by atoms with E-state index in [1.807, 2.05) is 12.1 Å². The van der Waals surface area contributed by atoms with Gasteiger partial charge in [0.25, 0.3) is 0 Å². The fourth-order valence-electron chi connectivity index (χ4n) is 0.516. The van der Waals surface area contributed by atoms with E-state index in [9.17, 15) is 0 Å². The highest BCUT2D eigenvalue weighted by Gasteiger charge is 1.83. The Bertz CT molecular complexity index is 175. The fraction of sp³-hybridized carbons (Fsp3) is 0.143. The van der Waals surface area contributed by atoms with Crippen molar-refractivity contribution in [1.29, 1.82) is 0 Å². The molecule has 0 saturated carbocycles. The third-order valence-corrected chi connectivity index (χ3v) is 0.940. The number of hydrogen-bond acceptors (Lipinski definition) is 2. The molecule has 48 valence electrons. The van der Waals surface area contributed by atoms with Crippen LogP contribution in [0.5, 0.6) is 0 Å². The molecule has 2 nitrogen and oxygen atoms in total. The molecular weight excluding hydrogens is 116 g/mol. The van der Waals surface area contributed by atoms with Crippen LogP contribution < -0.4 is 0 Å². The minimum Gasteiger partial charge on any atom is -0.504 e. The Hall–Kier alpha value is -1.18. The van der Waals surface area contributed by atoms with Gasteiger partial charge >= 0.3 is 0 Å². The van der Waals surface area contributed by atoms with Gasteiger partial charge in [0.05, 0.1) is 25.9 Å². The van der Waals surface area contributed by atoms with Gasteiger partial charge in [-0.25, -0.2) is 0 Å². The average molecular weight is 124 g/mol. The summed E-state index contributed by atoms with van der Waals surface area (Å²) >= 11 is 0. The summed E-state index contributed by atoms with van der Waals surface area (Å²) in [6.45, 7) is 0. The van der Waals surface area contributed by atoms with Crippen molar-refractivity contribution in [1.82, 2.24) is 0 Å². The first-order valence-electron chi connectivity index (χ1n) is 2.65. The molecule has 0 aliphatic rings. The molecule has 9 heavy (non-hydrogen) atoms. The van der Waals surface area contributed by atoms with Crippen LogP contribution in [0.15, 0.2) is 29.3 Å². The summed E-state index contributed by atoms with van der Waals surface area (Å²) in [6.07, 6.45) is 6.69. The predicted octanol–water partition coefficient (Wildman–Crippen LogP) is 1.90. The monoisotopic (exact) mass is 124 g/mol. The van der Waals surface area contributed by atoms with E-state index in [1.165, 1.54) is 0 Å². The van der Waals surface area contributed by atoms with Gasteiger partial charge in [-0.1, -0.05) is 0 Å². The number of hydrogen-bond donors (Lipinski definition) is 0. The Morgan fingerprint density at radius 1 is 1.67 bits per heavy atom. The molecule has 1 aromatic rings. The Labute approximate surface area is 53.7 Å². The van der Waals surface area contributed by atoms with Crippen LogP contribution in [-0.4, -0.2) is 7.11 Å². The van der Waals surface area contributed by atoms with Crippen molar-refractivity contribution in [3.63, 3.8) is 0 Å². The lowest BCUT2D eigenvalue weighted by Crippen LogP contribution is -1.63. The van der Waals surface area contributed by atoms with E-state index in [1.54, 1.807) is 25.9 Å². The number of furan rings is 1. The van der Waals surface area contributed by atoms with Gasteiger partial charge in [0.2, 0.25) is 0 Å². The molecule has 2 heteroatoms. The summed E-state index contributed by atoms with van der Waals surface area (Å²) in [7, 11) is 1.61. The second-order valence-electron chi connectivity index (χ2n) is 1.60. The topological polar surface area (TPSA) is 22.4 Å². The van der Waals surface area contributed by atoms with Crippen molar-refractivity contribution in [3.05, 3.63) is 30.4 Å². The van der Waals surface area contributed by atoms with E-state index in [2.05, 4.69) is 0 Å². The summed E-state index contributed by atoms with van der Waals surface area (Å²) in [6, 6.07) is 1.86. The lowest BCUT2D eigenvalue weighted by atomic mass is 10.3. The van der Waals surface area contributed by atoms with Gasteiger partial charge in [-0.15, -0.1) is 0 Å². The average Bonchev–Trinajstić information content (AvgIpc) is 2.34. The van der Waals surface area contributed by atoms with Crippen LogP contribution in [0.25, 0.3) is 6.08 Å². The first-order chi connectivity index (χ1) is 4.43. The summed E-state index contributed by atoms with van der Waals surface area (Å²) < 4.78 is 9.50. The molecule has 0 saturated heterocycles. The van der Waals surface area contributed by atoms with Crippen molar-refractivity contribution in [2.24, 2.45) is 0 Å². The maximum atomic E-state index is 4.80. The zero-order valence-electron chi connectivity index (χ0n) is 5.20. The minimum absolute atomic E-state index is 1.01. The highest BCUT2D eigenvalue weighted by atomic mass is 16.5. The lowest BCUT2D eigenvalue weighted by Gasteiger charge is -1.82. The third kappa shape index (κ3) is 1.64. The lowest BCUT2D eigenvalue weighted by molar-refractivity contribution is 0.341. The van der Waals surface area contributed by atoms with Crippen molar-refractivity contribution in [2.45, 2.75) is 0 Å². The number of methoxy groups -OCH3 is 1. The molecule has 0 aliphatic carbocycles. The molecule has 0 fully saturated rings. The van der Waals surface area contributed by atoms with Crippen LogP contribution in [-0.2, 0) is 4.74 Å². The van der Waals surface area contributed by atoms with Crippen molar-refractivity contribution in [3.8, 4) is 0 Å². The van der Waals surface area contributed by atoms with E-state index in [4.69, 9.17) is 9.15 Å². The zero-order chi connectivity index (χ0) is 6.53. The summed E-state index contributed by atoms with van der Waals surface area (Å²) in [4.78, 5) is 0. The zero-order valence-corrected chi connectivity index (χ0v) is 5.20. The first kappa shape index (κ1) is 5.95. The minimum atomic E-state index is 1.01. The second-order valence-corrected chi connectivity index (χ2v) is 1.60. The Balaban J connectivity index is 2.57. The molecule has 0 amide bonds. The molecule has 1 heterocycles. The Morgan fingerprint density at radius 2 is 2.56 bits per heavy atom. The smallest absolute Gasteiger partial charge is 0.0976 e. The standard InChI is InChI=1S/C7H8O2/c1-8-4-2-7-3-5-9-6-7/h2-6H,1H3/b4-2-. The highest BCUT2D eigenvalue weighted by Crippen LogP contribution is 2.01. The van der Waals surface area contributed by atoms with Crippen LogP contribution in [0.1, 0.15) is 5.56 Å². The van der Waals surface area contributed by atoms with Gasteiger partial charge in [0, 0.05) is 5.56 Å². The van der Waals surface area contributed by atoms with E-state index >= 15 is 0 Å². The van der Waals surface area contributed by atoms with Crippen LogP contribution >= 0.6 is 0 Å². The van der Waals surface area contributed by atoms with Crippen molar-refractivity contribution >= 4 is 6.08 Å². The van der Waals surface area contributed by atoms with Crippen LogP contribution in [0.3, 0.4) is 0 Å². The SMILES string of the molecule is CO/C=C\c1ccoc1. The number of rotatable bonds is 2. The number of ether oxygens (including phenoxy) is 1. The van der Waals surface area contributed by atoms with Gasteiger partial charge in [-0.2, -0.15) is 0 Å². The maximum Gasteiger partial charge on any atom is 0.0976 e. The predicted molar refractivity (Wildman–Crippen MR) is 34.8 cm³/mol. The molecule has 1 rings (SSSR count). The Morgan fingerprint density at radius 3 is 3.11 bits per heavy atom. The van der Waals surface area contributed by atoms with Gasteiger partial charge < -0.3 is 9.15 Å². The quantitative estimate of drug-likeness (QED) is 0.562. The van der Waals surface area contributed by atoms with Crippen molar-refractivity contribution < 1.29 is 9.15 Å². The largest absolute Gasteiger partial charge is 0.504 e. The van der Waals surface area contributed by atoms with Crippen molar-refractivity contribution in [2.75, 3.05) is 7.11 Å². The molecule has 0 spiro atoms. The molecule has 0 aliphatic heterocycles. The van der Waals surface area contributed by atoms with E-state index < -0.39 is 0 Å². The van der Waals surface area contributed by atoms with Crippen LogP contribution in [0, 0.1) is 0 Å². The normalized spacial score (nSPS) is 10.3. The highest BCUT2D eigenvalue weighted by molar-refractivity contribution is 5.45. The fourth-order valence-corrected chi connectivity index (χ4v) is 0.516. The van der Waals surface area contributed by atoms with Gasteiger partial charge in [0.15, 0.2) is 0 Å². The molecule has 0 radical (unpaired) electrons. The summed E-state index contributed by atoms with van der Waals surface area (Å²) in [5.41, 5.74) is 1.01. The Kier molecular flexibility index (Phi) is 1.96. The second kappa shape index (κ2) is 2.97. The van der Waals surface area contributed by atoms with Crippen LogP contribution in [0.2, 0.25) is 0 Å². The molecular formula is C7H8O2. The molecule has 1 aromatic heterocycles. The van der Waals surface area contributed by atoms with E-state index in [0.29, 0.717) is 0 Å². The molecule has 0 bridgehead atoms. The molecule has 0 atom stereocenters. The van der Waals surface area contributed by atoms with E-state index in [0.717, 1.165) is 5.56 Å².